The molecular weight excluding hydrogens is 264 g/mol. The van der Waals surface area contributed by atoms with E-state index >= 15 is 0 Å². The van der Waals surface area contributed by atoms with Gasteiger partial charge in [0.25, 0.3) is 5.95 Å². The molecule has 112 valence electrons. The second-order valence-electron chi connectivity index (χ2n) is 5.60. The highest BCUT2D eigenvalue weighted by Gasteiger charge is 2.14. The number of aromatic nitrogens is 4. The van der Waals surface area contributed by atoms with E-state index < -0.39 is 0 Å². The first-order valence-electron chi connectivity index (χ1n) is 7.48. The molecule has 1 N–H and O–H groups in total. The van der Waals surface area contributed by atoms with Crippen molar-refractivity contribution in [3.63, 3.8) is 0 Å². The third kappa shape index (κ3) is 3.05. The highest BCUT2D eigenvalue weighted by Crippen LogP contribution is 2.16. The van der Waals surface area contributed by atoms with Crippen LogP contribution in [0, 0.1) is 20.8 Å². The normalized spacial score (nSPS) is 16.0. The number of nitrogens with zero attached hydrogens (tertiary/aromatic N) is 5. The highest BCUT2D eigenvalue weighted by atomic mass is 15.4. The van der Waals surface area contributed by atoms with E-state index in [1.165, 1.54) is 0 Å². The van der Waals surface area contributed by atoms with Gasteiger partial charge in [-0.1, -0.05) is 0 Å². The van der Waals surface area contributed by atoms with E-state index in [1.807, 2.05) is 31.5 Å². The van der Waals surface area contributed by atoms with E-state index in [9.17, 15) is 0 Å². The molecule has 6 heteroatoms. The number of rotatable bonds is 2. The summed E-state index contributed by atoms with van der Waals surface area (Å²) >= 11 is 0. The second-order valence-corrected chi connectivity index (χ2v) is 5.60. The first-order valence-corrected chi connectivity index (χ1v) is 7.48. The highest BCUT2D eigenvalue weighted by molar-refractivity contribution is 5.42. The van der Waals surface area contributed by atoms with E-state index in [0.29, 0.717) is 5.95 Å². The number of anilines is 1. The molecule has 1 saturated heterocycles. The zero-order chi connectivity index (χ0) is 14.8. The lowest BCUT2D eigenvalue weighted by molar-refractivity contribution is 0.724. The maximum absolute atomic E-state index is 4.73. The first-order chi connectivity index (χ1) is 10.1. The number of hydrogen-bond donors (Lipinski definition) is 1. The van der Waals surface area contributed by atoms with E-state index in [1.54, 1.807) is 0 Å². The van der Waals surface area contributed by atoms with E-state index in [0.717, 1.165) is 55.5 Å². The van der Waals surface area contributed by atoms with Gasteiger partial charge < -0.3 is 10.2 Å². The van der Waals surface area contributed by atoms with Gasteiger partial charge in [0.2, 0.25) is 0 Å². The molecule has 2 aromatic rings. The monoisotopic (exact) mass is 286 g/mol. The molecule has 0 atom stereocenters. The Morgan fingerprint density at radius 1 is 1.00 bits per heavy atom. The molecule has 0 aromatic carbocycles. The zero-order valence-corrected chi connectivity index (χ0v) is 12.9. The van der Waals surface area contributed by atoms with Crippen LogP contribution < -0.4 is 10.2 Å². The Hall–Kier alpha value is -1.95. The van der Waals surface area contributed by atoms with Crippen molar-refractivity contribution in [3.8, 4) is 5.95 Å². The van der Waals surface area contributed by atoms with Gasteiger partial charge in [-0.25, -0.2) is 9.67 Å². The molecule has 3 heterocycles. The average Bonchev–Trinajstić information content (AvgIpc) is 2.67. The molecule has 21 heavy (non-hydrogen) atoms. The quantitative estimate of drug-likeness (QED) is 0.904. The van der Waals surface area contributed by atoms with Crippen LogP contribution in [0.4, 0.5) is 5.82 Å². The van der Waals surface area contributed by atoms with Crippen LogP contribution in [0.15, 0.2) is 12.1 Å². The fourth-order valence-electron chi connectivity index (χ4n) is 2.70. The predicted octanol–water partition coefficient (Wildman–Crippen LogP) is 1.39. The Kier molecular flexibility index (Phi) is 3.88. The Bertz CT molecular complexity index is 625. The van der Waals surface area contributed by atoms with E-state index in [2.05, 4.69) is 26.4 Å². The first kappa shape index (κ1) is 14.0. The third-order valence-electron chi connectivity index (χ3n) is 3.69. The Labute approximate surface area is 125 Å². The van der Waals surface area contributed by atoms with Gasteiger partial charge in [0.1, 0.15) is 5.82 Å². The molecule has 0 aliphatic carbocycles. The van der Waals surface area contributed by atoms with Crippen molar-refractivity contribution in [2.75, 3.05) is 31.1 Å². The molecule has 0 spiro atoms. The lowest BCUT2D eigenvalue weighted by Gasteiger charge is -2.21. The van der Waals surface area contributed by atoms with Gasteiger partial charge in [-0.05, 0) is 39.8 Å². The standard InChI is InChI=1S/C15H22N6/c1-11-10-14(20-7-4-5-16-6-8-20)18-15(17-11)21-13(3)9-12(2)19-21/h9-10,16H,4-8H2,1-3H3. The summed E-state index contributed by atoms with van der Waals surface area (Å²) in [6.45, 7) is 10.1. The zero-order valence-electron chi connectivity index (χ0n) is 12.9. The smallest absolute Gasteiger partial charge is 0.252 e. The summed E-state index contributed by atoms with van der Waals surface area (Å²) in [5.41, 5.74) is 3.01. The molecule has 1 aliphatic heterocycles. The number of nitrogens with one attached hydrogen (secondary N) is 1. The summed E-state index contributed by atoms with van der Waals surface area (Å²) in [6.07, 6.45) is 1.14. The van der Waals surface area contributed by atoms with Crippen molar-refractivity contribution in [2.45, 2.75) is 27.2 Å². The number of aryl methyl sites for hydroxylation is 3. The minimum absolute atomic E-state index is 0.660. The van der Waals surface area contributed by atoms with Crippen molar-refractivity contribution in [1.29, 1.82) is 0 Å². The summed E-state index contributed by atoms with van der Waals surface area (Å²) in [4.78, 5) is 11.6. The molecular formula is C15H22N6. The largest absolute Gasteiger partial charge is 0.355 e. The van der Waals surface area contributed by atoms with Crippen molar-refractivity contribution in [2.24, 2.45) is 0 Å². The molecule has 1 fully saturated rings. The van der Waals surface area contributed by atoms with Gasteiger partial charge in [-0.2, -0.15) is 10.1 Å². The molecule has 0 radical (unpaired) electrons. The molecule has 6 nitrogen and oxygen atoms in total. The van der Waals surface area contributed by atoms with Gasteiger partial charge in [-0.3, -0.25) is 0 Å². The molecule has 0 amide bonds. The Morgan fingerprint density at radius 2 is 1.86 bits per heavy atom. The minimum Gasteiger partial charge on any atom is -0.355 e. The van der Waals surface area contributed by atoms with Crippen LogP contribution in [0.2, 0.25) is 0 Å². The van der Waals surface area contributed by atoms with Crippen LogP contribution in [0.3, 0.4) is 0 Å². The van der Waals surface area contributed by atoms with Crippen molar-refractivity contribution in [3.05, 3.63) is 29.2 Å². The fourth-order valence-corrected chi connectivity index (χ4v) is 2.70. The second kappa shape index (κ2) is 5.81. The predicted molar refractivity (Wildman–Crippen MR) is 83.1 cm³/mol. The van der Waals surface area contributed by atoms with E-state index in [4.69, 9.17) is 4.98 Å². The summed E-state index contributed by atoms with van der Waals surface area (Å²) in [6, 6.07) is 4.10. The minimum atomic E-state index is 0.660. The van der Waals surface area contributed by atoms with Crippen LogP contribution in [-0.2, 0) is 0 Å². The summed E-state index contributed by atoms with van der Waals surface area (Å²) in [5, 5.41) is 7.90. The summed E-state index contributed by atoms with van der Waals surface area (Å²) in [7, 11) is 0. The van der Waals surface area contributed by atoms with Gasteiger partial charge >= 0.3 is 0 Å². The topological polar surface area (TPSA) is 58.9 Å². The maximum Gasteiger partial charge on any atom is 0.252 e. The van der Waals surface area contributed by atoms with Gasteiger partial charge in [0, 0.05) is 37.1 Å². The average molecular weight is 286 g/mol. The van der Waals surface area contributed by atoms with Crippen molar-refractivity contribution >= 4 is 5.82 Å². The van der Waals surface area contributed by atoms with Crippen molar-refractivity contribution < 1.29 is 0 Å². The third-order valence-corrected chi connectivity index (χ3v) is 3.69. The SMILES string of the molecule is Cc1cc(N2CCCNCC2)nc(-n2nc(C)cc2C)n1. The van der Waals surface area contributed by atoms with Crippen LogP contribution in [-0.4, -0.2) is 45.9 Å². The van der Waals surface area contributed by atoms with Crippen LogP contribution in [0.25, 0.3) is 5.95 Å². The van der Waals surface area contributed by atoms with Gasteiger partial charge in [0.15, 0.2) is 0 Å². The summed E-state index contributed by atoms with van der Waals surface area (Å²) in [5.74, 6) is 1.65. The van der Waals surface area contributed by atoms with Crippen LogP contribution in [0.1, 0.15) is 23.5 Å². The van der Waals surface area contributed by atoms with Crippen molar-refractivity contribution in [1.82, 2.24) is 25.1 Å². The van der Waals surface area contributed by atoms with E-state index in [-0.39, 0.29) is 0 Å². The molecule has 0 unspecified atom stereocenters. The molecule has 0 bridgehead atoms. The summed E-state index contributed by atoms with van der Waals surface area (Å²) < 4.78 is 1.82. The molecule has 2 aromatic heterocycles. The molecule has 1 aliphatic rings. The Balaban J connectivity index is 1.97. The lowest BCUT2D eigenvalue weighted by atomic mass is 10.3. The fraction of sp³-hybridized carbons (Fsp3) is 0.533. The number of hydrogen-bond acceptors (Lipinski definition) is 5. The van der Waals surface area contributed by atoms with Crippen LogP contribution in [0.5, 0.6) is 0 Å². The molecule has 3 rings (SSSR count). The van der Waals surface area contributed by atoms with Gasteiger partial charge in [0.05, 0.1) is 5.69 Å². The van der Waals surface area contributed by atoms with Gasteiger partial charge in [-0.15, -0.1) is 0 Å². The lowest BCUT2D eigenvalue weighted by Crippen LogP contribution is -2.29. The Morgan fingerprint density at radius 3 is 2.62 bits per heavy atom. The molecule has 0 saturated carbocycles. The maximum atomic E-state index is 4.73. The van der Waals surface area contributed by atoms with Crippen LogP contribution >= 0.6 is 0 Å².